The molecule has 0 spiro atoms. The highest BCUT2D eigenvalue weighted by atomic mass is 32.3. The van der Waals surface area contributed by atoms with E-state index < -0.39 is 10.1 Å². The van der Waals surface area contributed by atoms with Crippen LogP contribution in [-0.4, -0.2) is 30.7 Å². The van der Waals surface area contributed by atoms with Gasteiger partial charge in [-0.25, -0.2) is 4.98 Å². The lowest BCUT2D eigenvalue weighted by Crippen LogP contribution is -1.97. The number of fused-ring (bicyclic) bond motifs is 1. The van der Waals surface area contributed by atoms with E-state index in [4.69, 9.17) is 9.29 Å². The topological polar surface area (TPSA) is 79.8 Å². The molecule has 0 bridgehead atoms. The summed E-state index contributed by atoms with van der Waals surface area (Å²) in [7, 11) is -4.22. The molecule has 1 N–H and O–H groups in total. The normalized spacial score (nSPS) is 19.7. The Balaban J connectivity index is 2.13. The van der Waals surface area contributed by atoms with E-state index in [1.54, 1.807) is 6.07 Å². The highest BCUT2D eigenvalue weighted by Gasteiger charge is 2.25. The molecule has 2 heterocycles. The summed E-state index contributed by atoms with van der Waals surface area (Å²) >= 11 is 0.976. The van der Waals surface area contributed by atoms with E-state index in [0.29, 0.717) is 5.52 Å². The van der Waals surface area contributed by atoms with Gasteiger partial charge in [-0.05, 0) is 11.6 Å². The van der Waals surface area contributed by atoms with Crippen molar-refractivity contribution in [3.63, 3.8) is 0 Å². The van der Waals surface area contributed by atoms with E-state index in [1.165, 1.54) is 0 Å². The molecule has 0 radical (unpaired) electrons. The molecule has 1 aromatic carbocycles. The van der Waals surface area contributed by atoms with Crippen LogP contribution in [0.1, 0.15) is 5.56 Å². The molecule has 0 amide bonds. The van der Waals surface area contributed by atoms with E-state index in [9.17, 15) is 8.42 Å². The number of hydrogen-bond acceptors (Lipinski definition) is 5. The summed E-state index contributed by atoms with van der Waals surface area (Å²) in [5, 5.41) is 0. The fraction of sp³-hybridized carbons (Fsp3) is 0.300. The van der Waals surface area contributed by atoms with Gasteiger partial charge in [-0.3, -0.25) is 4.55 Å². The van der Waals surface area contributed by atoms with Gasteiger partial charge in [0.05, 0.1) is 22.9 Å². The number of aromatic nitrogens is 1. The summed E-state index contributed by atoms with van der Waals surface area (Å²) in [6.45, 7) is 0.742. The Hall–Kier alpha value is -1.02. The van der Waals surface area contributed by atoms with Crippen LogP contribution in [0.4, 0.5) is 0 Å². The number of thiazole rings is 1. The van der Waals surface area contributed by atoms with Crippen molar-refractivity contribution in [1.29, 1.82) is 0 Å². The zero-order valence-electron chi connectivity index (χ0n) is 8.66. The van der Waals surface area contributed by atoms with Crippen molar-refractivity contribution in [3.05, 3.63) is 23.8 Å². The van der Waals surface area contributed by atoms with Crippen LogP contribution >= 0.6 is 11.3 Å². The molecule has 7 heteroatoms. The molecule has 5 nitrogen and oxygen atoms in total. The summed E-state index contributed by atoms with van der Waals surface area (Å²) in [5.74, 6) is 0. The molecule has 3 rings (SSSR count). The lowest BCUT2D eigenvalue weighted by atomic mass is 10.1. The number of hydrogen-bond donors (Lipinski definition) is 1. The second-order valence-electron chi connectivity index (χ2n) is 3.88. The van der Waals surface area contributed by atoms with Crippen molar-refractivity contribution in [1.82, 2.24) is 4.98 Å². The zero-order valence-corrected chi connectivity index (χ0v) is 10.3. The standard InChI is InChI=1S/C10H9NO4S2/c12-17(13,14)10-11-9-6(4-7-5-15-7)2-1-3-8(9)16-10/h1-3,7H,4-5H2,(H,12,13,14). The van der Waals surface area contributed by atoms with E-state index in [1.807, 2.05) is 12.1 Å². The van der Waals surface area contributed by atoms with Crippen molar-refractivity contribution >= 4 is 31.7 Å². The third-order valence-corrected chi connectivity index (χ3v) is 4.78. The summed E-state index contributed by atoms with van der Waals surface area (Å²) in [6, 6.07) is 5.54. The summed E-state index contributed by atoms with van der Waals surface area (Å²) in [4.78, 5) is 3.99. The fourth-order valence-electron chi connectivity index (χ4n) is 1.69. The maximum Gasteiger partial charge on any atom is 0.322 e. The molecular formula is C10H9NO4S2. The lowest BCUT2D eigenvalue weighted by Gasteiger charge is -1.98. The molecule has 1 atom stereocenters. The van der Waals surface area contributed by atoms with Crippen LogP contribution in [0.3, 0.4) is 0 Å². The molecule has 0 aliphatic carbocycles. The minimum atomic E-state index is -4.22. The predicted octanol–water partition coefficient (Wildman–Crippen LogP) is 1.48. The second kappa shape index (κ2) is 3.74. The monoisotopic (exact) mass is 271 g/mol. The first kappa shape index (κ1) is 11.1. The van der Waals surface area contributed by atoms with Crippen LogP contribution < -0.4 is 0 Å². The van der Waals surface area contributed by atoms with Gasteiger partial charge in [0.25, 0.3) is 0 Å². The van der Waals surface area contributed by atoms with E-state index in [0.717, 1.165) is 34.6 Å². The maximum absolute atomic E-state index is 11.0. The number of nitrogens with zero attached hydrogens (tertiary/aromatic N) is 1. The minimum Gasteiger partial charge on any atom is -0.373 e. The Kier molecular flexibility index (Phi) is 2.44. The molecule has 1 aliphatic heterocycles. The number of rotatable bonds is 3. The molecule has 2 aromatic rings. The van der Waals surface area contributed by atoms with Crippen molar-refractivity contribution in [2.24, 2.45) is 0 Å². The molecule has 1 unspecified atom stereocenters. The number of benzene rings is 1. The van der Waals surface area contributed by atoms with Crippen molar-refractivity contribution in [3.8, 4) is 0 Å². The average molecular weight is 271 g/mol. The molecule has 1 aliphatic rings. The molecule has 1 fully saturated rings. The van der Waals surface area contributed by atoms with Crippen LogP contribution in [0.2, 0.25) is 0 Å². The van der Waals surface area contributed by atoms with Crippen LogP contribution in [0.5, 0.6) is 0 Å². The summed E-state index contributed by atoms with van der Waals surface area (Å²) in [5.41, 5.74) is 1.59. The van der Waals surface area contributed by atoms with E-state index in [2.05, 4.69) is 4.98 Å². The van der Waals surface area contributed by atoms with E-state index >= 15 is 0 Å². The van der Waals surface area contributed by atoms with Gasteiger partial charge >= 0.3 is 10.1 Å². The SMILES string of the molecule is O=S(=O)(O)c1nc2c(CC3CO3)cccc2s1. The zero-order chi connectivity index (χ0) is 12.0. The Bertz CT molecular complexity index is 673. The van der Waals surface area contributed by atoms with Gasteiger partial charge in [0, 0.05) is 6.42 Å². The average Bonchev–Trinajstić information content (AvgIpc) is 2.93. The Morgan fingerprint density at radius 3 is 2.94 bits per heavy atom. The van der Waals surface area contributed by atoms with Crippen LogP contribution in [-0.2, 0) is 21.3 Å². The Morgan fingerprint density at radius 1 is 1.53 bits per heavy atom. The highest BCUT2D eigenvalue weighted by molar-refractivity contribution is 7.88. The molecule has 17 heavy (non-hydrogen) atoms. The van der Waals surface area contributed by atoms with Gasteiger partial charge < -0.3 is 4.74 Å². The molecule has 0 saturated carbocycles. The van der Waals surface area contributed by atoms with Crippen molar-refractivity contribution in [2.45, 2.75) is 16.9 Å². The van der Waals surface area contributed by atoms with Gasteiger partial charge in [0.1, 0.15) is 0 Å². The van der Waals surface area contributed by atoms with Crippen molar-refractivity contribution < 1.29 is 17.7 Å². The predicted molar refractivity (Wildman–Crippen MR) is 62.9 cm³/mol. The third kappa shape index (κ3) is 2.19. The van der Waals surface area contributed by atoms with Gasteiger partial charge in [-0.15, -0.1) is 11.3 Å². The minimum absolute atomic E-state index is 0.219. The van der Waals surface area contributed by atoms with Gasteiger partial charge in [-0.1, -0.05) is 12.1 Å². The first-order valence-corrected chi connectivity index (χ1v) is 7.27. The van der Waals surface area contributed by atoms with Gasteiger partial charge in [-0.2, -0.15) is 8.42 Å². The Labute approximate surface area is 102 Å². The molecule has 90 valence electrons. The lowest BCUT2D eigenvalue weighted by molar-refractivity contribution is 0.408. The molecular weight excluding hydrogens is 262 g/mol. The van der Waals surface area contributed by atoms with Crippen molar-refractivity contribution in [2.75, 3.05) is 6.61 Å². The number of ether oxygens (including phenoxy) is 1. The number of para-hydroxylation sites is 1. The Morgan fingerprint density at radius 2 is 2.29 bits per heavy atom. The van der Waals surface area contributed by atoms with E-state index in [-0.39, 0.29) is 10.4 Å². The smallest absolute Gasteiger partial charge is 0.322 e. The van der Waals surface area contributed by atoms with Crippen LogP contribution in [0.15, 0.2) is 22.5 Å². The van der Waals surface area contributed by atoms with Crippen LogP contribution in [0.25, 0.3) is 10.2 Å². The van der Waals surface area contributed by atoms with Gasteiger partial charge in [0.2, 0.25) is 4.34 Å². The maximum atomic E-state index is 11.0. The largest absolute Gasteiger partial charge is 0.373 e. The fourth-order valence-corrected chi connectivity index (χ4v) is 3.33. The highest BCUT2D eigenvalue weighted by Crippen LogP contribution is 2.29. The third-order valence-electron chi connectivity index (χ3n) is 2.55. The molecule has 1 aromatic heterocycles. The van der Waals surface area contributed by atoms with Gasteiger partial charge in [0.15, 0.2) is 0 Å². The quantitative estimate of drug-likeness (QED) is 0.675. The first-order valence-electron chi connectivity index (χ1n) is 5.01. The van der Waals surface area contributed by atoms with Crippen LogP contribution in [0, 0.1) is 0 Å². The second-order valence-corrected chi connectivity index (χ2v) is 6.50. The summed E-state index contributed by atoms with van der Waals surface area (Å²) < 4.78 is 36.7. The molecule has 1 saturated heterocycles. The first-order chi connectivity index (χ1) is 8.04. The summed E-state index contributed by atoms with van der Waals surface area (Å²) in [6.07, 6.45) is 0.947. The number of epoxide rings is 1.